The van der Waals surface area contributed by atoms with E-state index in [1.54, 1.807) is 10.9 Å². The Labute approximate surface area is 126 Å². The van der Waals surface area contributed by atoms with E-state index in [1.165, 1.54) is 6.42 Å². The molecule has 0 bridgehead atoms. The van der Waals surface area contributed by atoms with Crippen molar-refractivity contribution in [1.29, 1.82) is 0 Å². The smallest absolute Gasteiger partial charge is 0.228 e. The summed E-state index contributed by atoms with van der Waals surface area (Å²) in [5.74, 6) is 0.196. The zero-order valence-corrected chi connectivity index (χ0v) is 13.6. The predicted octanol–water partition coefficient (Wildman–Crippen LogP) is 3.56. The number of carbonyl (C=O) groups excluding carboxylic acids is 1. The summed E-state index contributed by atoms with van der Waals surface area (Å²) >= 11 is 6.29. The first kappa shape index (κ1) is 15.4. The molecule has 0 saturated carbocycles. The molecule has 0 aromatic carbocycles. The molecule has 2 rings (SSSR count). The quantitative estimate of drug-likeness (QED) is 0.795. The van der Waals surface area contributed by atoms with Gasteiger partial charge in [-0.3, -0.25) is 9.48 Å². The van der Waals surface area contributed by atoms with Crippen LogP contribution in [0.1, 0.15) is 58.2 Å². The summed E-state index contributed by atoms with van der Waals surface area (Å²) in [6.45, 7) is 6.73. The number of hydrogen-bond donors (Lipinski definition) is 0. The summed E-state index contributed by atoms with van der Waals surface area (Å²) in [7, 11) is 1.89. The third kappa shape index (κ3) is 3.00. The highest BCUT2D eigenvalue weighted by molar-refractivity contribution is 6.31. The lowest BCUT2D eigenvalue weighted by Crippen LogP contribution is -2.42. The number of halogens is 1. The van der Waals surface area contributed by atoms with Gasteiger partial charge in [-0.1, -0.05) is 45.2 Å². The predicted molar refractivity (Wildman–Crippen MR) is 80.6 cm³/mol. The van der Waals surface area contributed by atoms with Gasteiger partial charge in [-0.2, -0.15) is 5.10 Å². The summed E-state index contributed by atoms with van der Waals surface area (Å²) in [6, 6.07) is 0.0456. The molecule has 1 aliphatic heterocycles. The van der Waals surface area contributed by atoms with Crippen molar-refractivity contribution in [2.75, 3.05) is 6.54 Å². The number of aromatic nitrogens is 2. The van der Waals surface area contributed by atoms with E-state index in [1.807, 2.05) is 32.7 Å². The third-order valence-electron chi connectivity index (χ3n) is 3.91. The van der Waals surface area contributed by atoms with Gasteiger partial charge in [0.2, 0.25) is 5.91 Å². The fourth-order valence-electron chi connectivity index (χ4n) is 2.86. The summed E-state index contributed by atoms with van der Waals surface area (Å²) in [6.07, 6.45) is 5.98. The van der Waals surface area contributed by atoms with Crippen molar-refractivity contribution < 1.29 is 4.79 Å². The van der Waals surface area contributed by atoms with Gasteiger partial charge >= 0.3 is 0 Å². The molecule has 1 fully saturated rings. The molecule has 112 valence electrons. The average Bonchev–Trinajstić information content (AvgIpc) is 2.58. The first-order chi connectivity index (χ1) is 9.32. The molecule has 0 unspecified atom stereocenters. The van der Waals surface area contributed by atoms with Crippen molar-refractivity contribution in [3.05, 3.63) is 16.9 Å². The fourth-order valence-corrected chi connectivity index (χ4v) is 3.15. The molecule has 0 radical (unpaired) electrons. The molecule has 1 saturated heterocycles. The van der Waals surface area contributed by atoms with Gasteiger partial charge in [0.15, 0.2) is 0 Å². The van der Waals surface area contributed by atoms with Crippen LogP contribution in [0.25, 0.3) is 0 Å². The van der Waals surface area contributed by atoms with Crippen molar-refractivity contribution in [3.8, 4) is 0 Å². The molecule has 1 aliphatic rings. The Bertz CT molecular complexity index is 470. The normalized spacial score (nSPS) is 20.9. The molecule has 1 amide bonds. The fraction of sp³-hybridized carbons (Fsp3) is 0.733. The second-order valence-corrected chi connectivity index (χ2v) is 7.02. The Hall–Kier alpha value is -1.03. The summed E-state index contributed by atoms with van der Waals surface area (Å²) in [5, 5.41) is 4.88. The molecule has 2 heterocycles. The van der Waals surface area contributed by atoms with Crippen LogP contribution in [0, 0.1) is 5.41 Å². The van der Waals surface area contributed by atoms with E-state index >= 15 is 0 Å². The van der Waals surface area contributed by atoms with Crippen molar-refractivity contribution in [2.24, 2.45) is 12.5 Å². The first-order valence-corrected chi connectivity index (χ1v) is 7.68. The average molecular weight is 298 g/mol. The molecule has 0 aliphatic carbocycles. The molecule has 0 N–H and O–H groups in total. The van der Waals surface area contributed by atoms with Gasteiger partial charge in [0.05, 0.1) is 23.0 Å². The number of likely N-dealkylation sites (tertiary alicyclic amines) is 1. The summed E-state index contributed by atoms with van der Waals surface area (Å²) in [4.78, 5) is 14.8. The molecule has 1 aromatic rings. The van der Waals surface area contributed by atoms with Crippen molar-refractivity contribution >= 4 is 17.5 Å². The van der Waals surface area contributed by atoms with Crippen LogP contribution in [-0.4, -0.2) is 27.1 Å². The van der Waals surface area contributed by atoms with Gasteiger partial charge in [0, 0.05) is 19.0 Å². The van der Waals surface area contributed by atoms with Crippen LogP contribution in [0.5, 0.6) is 0 Å². The number of carbonyl (C=O) groups is 1. The number of nitrogens with zero attached hydrogens (tertiary/aromatic N) is 3. The number of rotatable bonds is 1. The van der Waals surface area contributed by atoms with Crippen LogP contribution >= 0.6 is 11.6 Å². The Balaban J connectivity index is 2.38. The SMILES string of the molecule is Cn1ncc(Cl)c1[C@H]1CCCCCN1C(=O)C(C)(C)C. The highest BCUT2D eigenvalue weighted by atomic mass is 35.5. The minimum absolute atomic E-state index is 0.0456. The second kappa shape index (κ2) is 5.76. The van der Waals surface area contributed by atoms with E-state index in [0.717, 1.165) is 31.5 Å². The largest absolute Gasteiger partial charge is 0.334 e. The molecule has 4 nitrogen and oxygen atoms in total. The molecular formula is C15H24ClN3O. The monoisotopic (exact) mass is 297 g/mol. The third-order valence-corrected chi connectivity index (χ3v) is 4.20. The first-order valence-electron chi connectivity index (χ1n) is 7.31. The minimum Gasteiger partial charge on any atom is -0.334 e. The number of aryl methyl sites for hydroxylation is 1. The van der Waals surface area contributed by atoms with Crippen molar-refractivity contribution in [3.63, 3.8) is 0 Å². The van der Waals surface area contributed by atoms with Gasteiger partial charge in [-0.05, 0) is 12.8 Å². The Morgan fingerprint density at radius 2 is 2.05 bits per heavy atom. The van der Waals surface area contributed by atoms with Crippen LogP contribution in [-0.2, 0) is 11.8 Å². The minimum atomic E-state index is -0.367. The molecule has 1 aromatic heterocycles. The lowest BCUT2D eigenvalue weighted by Gasteiger charge is -2.35. The van der Waals surface area contributed by atoms with Gasteiger partial charge < -0.3 is 4.90 Å². The zero-order valence-electron chi connectivity index (χ0n) is 12.8. The lowest BCUT2D eigenvalue weighted by atomic mass is 9.93. The molecular weight excluding hydrogens is 274 g/mol. The standard InChI is InChI=1S/C15H24ClN3O/c1-15(2,3)14(20)19-9-7-5-6-8-12(19)13-11(16)10-17-18(13)4/h10,12H,5-9H2,1-4H3/t12-/m1/s1. The molecule has 5 heteroatoms. The van der Waals surface area contributed by atoms with Gasteiger partial charge in [-0.25, -0.2) is 0 Å². The maximum atomic E-state index is 12.8. The zero-order chi connectivity index (χ0) is 14.9. The van der Waals surface area contributed by atoms with Crippen LogP contribution in [0.2, 0.25) is 5.02 Å². The highest BCUT2D eigenvalue weighted by Crippen LogP contribution is 2.36. The van der Waals surface area contributed by atoms with E-state index in [2.05, 4.69) is 5.10 Å². The second-order valence-electron chi connectivity index (χ2n) is 6.62. The van der Waals surface area contributed by atoms with E-state index in [9.17, 15) is 4.79 Å². The van der Waals surface area contributed by atoms with E-state index in [4.69, 9.17) is 11.6 Å². The van der Waals surface area contributed by atoms with E-state index < -0.39 is 0 Å². The van der Waals surface area contributed by atoms with Crippen molar-refractivity contribution in [1.82, 2.24) is 14.7 Å². The lowest BCUT2D eigenvalue weighted by molar-refractivity contribution is -0.142. The summed E-state index contributed by atoms with van der Waals surface area (Å²) < 4.78 is 1.81. The topological polar surface area (TPSA) is 38.1 Å². The van der Waals surface area contributed by atoms with E-state index in [0.29, 0.717) is 5.02 Å². The molecule has 1 atom stereocenters. The molecule has 20 heavy (non-hydrogen) atoms. The Morgan fingerprint density at radius 1 is 1.35 bits per heavy atom. The number of amides is 1. The summed E-state index contributed by atoms with van der Waals surface area (Å²) in [5.41, 5.74) is 0.597. The Morgan fingerprint density at radius 3 is 2.60 bits per heavy atom. The van der Waals surface area contributed by atoms with Crippen LogP contribution < -0.4 is 0 Å². The number of hydrogen-bond acceptors (Lipinski definition) is 2. The van der Waals surface area contributed by atoms with Crippen LogP contribution in [0.3, 0.4) is 0 Å². The van der Waals surface area contributed by atoms with Gasteiger partial charge in [0.1, 0.15) is 0 Å². The Kier molecular flexibility index (Phi) is 4.43. The van der Waals surface area contributed by atoms with Gasteiger partial charge in [0.25, 0.3) is 0 Å². The maximum absolute atomic E-state index is 12.8. The molecule has 0 spiro atoms. The van der Waals surface area contributed by atoms with Crippen molar-refractivity contribution in [2.45, 2.75) is 52.5 Å². The maximum Gasteiger partial charge on any atom is 0.228 e. The highest BCUT2D eigenvalue weighted by Gasteiger charge is 2.35. The van der Waals surface area contributed by atoms with Gasteiger partial charge in [-0.15, -0.1) is 0 Å². The van der Waals surface area contributed by atoms with Crippen LogP contribution in [0.4, 0.5) is 0 Å². The van der Waals surface area contributed by atoms with Crippen LogP contribution in [0.15, 0.2) is 6.20 Å². The van der Waals surface area contributed by atoms with E-state index in [-0.39, 0.29) is 17.4 Å².